The number of hydrazone groups is 1. The fourth-order valence-electron chi connectivity index (χ4n) is 2.31. The van der Waals surface area contributed by atoms with Gasteiger partial charge in [0.2, 0.25) is 5.91 Å². The molecular weight excluding hydrogens is 324 g/mol. The van der Waals surface area contributed by atoms with Crippen LogP contribution in [-0.4, -0.2) is 71.8 Å². The molecule has 2 amide bonds. The maximum Gasteiger partial charge on any atom is 0.291 e. The van der Waals surface area contributed by atoms with E-state index in [9.17, 15) is 9.59 Å². The highest BCUT2D eigenvalue weighted by atomic mass is 16.5. The van der Waals surface area contributed by atoms with Crippen LogP contribution in [0.2, 0.25) is 0 Å². The van der Waals surface area contributed by atoms with Crippen molar-refractivity contribution in [2.75, 3.05) is 39.4 Å². The minimum Gasteiger partial charge on any atom is -0.379 e. The van der Waals surface area contributed by atoms with Crippen molar-refractivity contribution in [3.63, 3.8) is 0 Å². The van der Waals surface area contributed by atoms with Crippen molar-refractivity contribution in [2.24, 2.45) is 5.10 Å². The maximum absolute atomic E-state index is 11.9. The average Bonchev–Trinajstić information content (AvgIpc) is 2.65. The molecule has 2 rings (SSSR count). The Bertz CT molecular complexity index is 587. The van der Waals surface area contributed by atoms with Crippen LogP contribution in [0, 0.1) is 0 Å². The predicted octanol–water partition coefficient (Wildman–Crippen LogP) is -0.189. The second-order valence-corrected chi connectivity index (χ2v) is 5.71. The molecule has 0 aliphatic carbocycles. The van der Waals surface area contributed by atoms with Gasteiger partial charge in [0, 0.05) is 37.7 Å². The van der Waals surface area contributed by atoms with Gasteiger partial charge in [-0.3, -0.25) is 19.5 Å². The van der Waals surface area contributed by atoms with Gasteiger partial charge in [0.15, 0.2) is 0 Å². The summed E-state index contributed by atoms with van der Waals surface area (Å²) < 4.78 is 5.29. The molecule has 0 atom stereocenters. The lowest BCUT2D eigenvalue weighted by atomic mass is 10.3. The lowest BCUT2D eigenvalue weighted by molar-refractivity contribution is -0.119. The Morgan fingerprint density at radius 1 is 1.32 bits per heavy atom. The maximum atomic E-state index is 11.9. The van der Waals surface area contributed by atoms with Crippen molar-refractivity contribution < 1.29 is 14.3 Å². The van der Waals surface area contributed by atoms with E-state index in [4.69, 9.17) is 4.74 Å². The van der Waals surface area contributed by atoms with Gasteiger partial charge in [-0.1, -0.05) is 0 Å². The molecule has 136 valence electrons. The minimum absolute atomic E-state index is 0.114. The van der Waals surface area contributed by atoms with Crippen LogP contribution in [0.3, 0.4) is 0 Å². The van der Waals surface area contributed by atoms with Gasteiger partial charge in [-0.05, 0) is 19.9 Å². The zero-order valence-electron chi connectivity index (χ0n) is 14.4. The summed E-state index contributed by atoms with van der Waals surface area (Å²) in [5.74, 6) is -0.574. The highest BCUT2D eigenvalue weighted by Crippen LogP contribution is 1.97. The van der Waals surface area contributed by atoms with E-state index in [0.717, 1.165) is 39.3 Å². The number of aromatic nitrogens is 2. The second kappa shape index (κ2) is 10.5. The number of rotatable bonds is 8. The van der Waals surface area contributed by atoms with Crippen LogP contribution >= 0.6 is 0 Å². The molecule has 25 heavy (non-hydrogen) atoms. The summed E-state index contributed by atoms with van der Waals surface area (Å²) in [4.78, 5) is 33.6. The number of amides is 2. The molecule has 1 aliphatic heterocycles. The Labute approximate surface area is 146 Å². The number of hydrogen-bond donors (Lipinski definition) is 2. The van der Waals surface area contributed by atoms with Crippen LogP contribution in [0.1, 0.15) is 30.3 Å². The molecule has 0 spiro atoms. The molecule has 9 nitrogen and oxygen atoms in total. The zero-order chi connectivity index (χ0) is 17.9. The Morgan fingerprint density at radius 3 is 2.84 bits per heavy atom. The number of hydrogen-bond acceptors (Lipinski definition) is 7. The molecule has 1 saturated heterocycles. The van der Waals surface area contributed by atoms with Gasteiger partial charge in [-0.15, -0.1) is 0 Å². The Hall–Kier alpha value is -2.39. The van der Waals surface area contributed by atoms with Crippen molar-refractivity contribution in [1.29, 1.82) is 0 Å². The van der Waals surface area contributed by atoms with Crippen molar-refractivity contribution in [3.8, 4) is 0 Å². The van der Waals surface area contributed by atoms with E-state index in [1.54, 1.807) is 6.92 Å². The molecule has 1 fully saturated rings. The second-order valence-electron chi connectivity index (χ2n) is 5.71. The third-order valence-corrected chi connectivity index (χ3v) is 3.64. The highest BCUT2D eigenvalue weighted by Gasteiger charge is 2.10. The molecule has 2 N–H and O–H groups in total. The monoisotopic (exact) mass is 348 g/mol. The molecule has 9 heteroatoms. The third kappa shape index (κ3) is 7.36. The first-order chi connectivity index (χ1) is 12.1. The summed E-state index contributed by atoms with van der Waals surface area (Å²) in [5, 5.41) is 6.77. The number of ether oxygens (including phenoxy) is 1. The van der Waals surface area contributed by atoms with E-state index in [2.05, 4.69) is 30.7 Å². The van der Waals surface area contributed by atoms with Crippen molar-refractivity contribution in [1.82, 2.24) is 25.6 Å². The number of carbonyl (C=O) groups is 2. The standard InChI is InChI=1S/C16H24N6O3/c1-13(20-21-16(24)14-12-17-4-5-18-14)11-15(23)19-3-2-6-22-7-9-25-10-8-22/h4-5,12H,2-3,6-11H2,1H3,(H,19,23)(H,21,24). The quantitative estimate of drug-likeness (QED) is 0.383. The summed E-state index contributed by atoms with van der Waals surface area (Å²) in [6.07, 6.45) is 5.29. The van der Waals surface area contributed by atoms with Gasteiger partial charge in [0.05, 0.1) is 25.8 Å². The Kier molecular flexibility index (Phi) is 7.93. The van der Waals surface area contributed by atoms with Gasteiger partial charge in [0.25, 0.3) is 5.91 Å². The fourth-order valence-corrected chi connectivity index (χ4v) is 2.31. The number of nitrogens with one attached hydrogen (secondary N) is 2. The van der Waals surface area contributed by atoms with Gasteiger partial charge < -0.3 is 10.1 Å². The molecule has 0 bridgehead atoms. The van der Waals surface area contributed by atoms with Gasteiger partial charge in [-0.2, -0.15) is 5.10 Å². The van der Waals surface area contributed by atoms with E-state index in [1.807, 2.05) is 0 Å². The van der Waals surface area contributed by atoms with Crippen molar-refractivity contribution in [2.45, 2.75) is 19.8 Å². The summed E-state index contributed by atoms with van der Waals surface area (Å²) in [6.45, 7) is 6.71. The van der Waals surface area contributed by atoms with E-state index < -0.39 is 5.91 Å². The van der Waals surface area contributed by atoms with E-state index >= 15 is 0 Å². The summed E-state index contributed by atoms with van der Waals surface area (Å²) in [6, 6.07) is 0. The highest BCUT2D eigenvalue weighted by molar-refractivity contribution is 6.00. The SMILES string of the molecule is CC(CC(=O)NCCCN1CCOCC1)=NNC(=O)c1cnccn1. The summed E-state index contributed by atoms with van der Waals surface area (Å²) in [5.41, 5.74) is 3.05. The van der Waals surface area contributed by atoms with Crippen LogP contribution in [0.25, 0.3) is 0 Å². The molecule has 1 aromatic heterocycles. The molecule has 1 aliphatic rings. The van der Waals surface area contributed by atoms with Crippen LogP contribution in [0.4, 0.5) is 0 Å². The molecule has 0 aromatic carbocycles. The minimum atomic E-state index is -0.460. The first kappa shape index (κ1) is 18.9. The lowest BCUT2D eigenvalue weighted by Gasteiger charge is -2.26. The molecule has 2 heterocycles. The molecule has 0 saturated carbocycles. The molecule has 0 unspecified atom stereocenters. The lowest BCUT2D eigenvalue weighted by Crippen LogP contribution is -2.38. The topological polar surface area (TPSA) is 109 Å². The van der Waals surface area contributed by atoms with Crippen LogP contribution in [0.5, 0.6) is 0 Å². The van der Waals surface area contributed by atoms with Gasteiger partial charge in [-0.25, -0.2) is 10.4 Å². The third-order valence-electron chi connectivity index (χ3n) is 3.64. The first-order valence-electron chi connectivity index (χ1n) is 8.31. The van der Waals surface area contributed by atoms with E-state index in [-0.39, 0.29) is 18.0 Å². The van der Waals surface area contributed by atoms with E-state index in [0.29, 0.717) is 12.3 Å². The summed E-state index contributed by atoms with van der Waals surface area (Å²) in [7, 11) is 0. The smallest absolute Gasteiger partial charge is 0.291 e. The number of nitrogens with zero attached hydrogens (tertiary/aromatic N) is 4. The largest absolute Gasteiger partial charge is 0.379 e. The molecule has 0 radical (unpaired) electrons. The fraction of sp³-hybridized carbons (Fsp3) is 0.562. The number of morpholine rings is 1. The van der Waals surface area contributed by atoms with Crippen LogP contribution in [-0.2, 0) is 9.53 Å². The van der Waals surface area contributed by atoms with E-state index in [1.165, 1.54) is 18.6 Å². The molecular formula is C16H24N6O3. The molecule has 1 aromatic rings. The van der Waals surface area contributed by atoms with Gasteiger partial charge >= 0.3 is 0 Å². The normalized spacial score (nSPS) is 15.6. The first-order valence-corrected chi connectivity index (χ1v) is 8.31. The van der Waals surface area contributed by atoms with Crippen LogP contribution in [0.15, 0.2) is 23.7 Å². The average molecular weight is 348 g/mol. The van der Waals surface area contributed by atoms with Crippen LogP contribution < -0.4 is 10.7 Å². The predicted molar refractivity (Wildman–Crippen MR) is 92.1 cm³/mol. The zero-order valence-corrected chi connectivity index (χ0v) is 14.4. The summed E-state index contributed by atoms with van der Waals surface area (Å²) >= 11 is 0. The Balaban J connectivity index is 1.61. The van der Waals surface area contributed by atoms with Crippen molar-refractivity contribution >= 4 is 17.5 Å². The number of carbonyl (C=O) groups excluding carboxylic acids is 2. The Morgan fingerprint density at radius 2 is 2.12 bits per heavy atom. The van der Waals surface area contributed by atoms with Gasteiger partial charge in [0.1, 0.15) is 5.69 Å². The van der Waals surface area contributed by atoms with Crippen molar-refractivity contribution in [3.05, 3.63) is 24.3 Å².